The fraction of sp³-hybridized carbons (Fsp3) is 0.250. The van der Waals surface area contributed by atoms with E-state index in [-0.39, 0.29) is 6.04 Å². The fourth-order valence-corrected chi connectivity index (χ4v) is 2.95. The van der Waals surface area contributed by atoms with Gasteiger partial charge in [-0.25, -0.2) is 0 Å². The molecule has 0 aliphatic rings. The average Bonchev–Trinajstić information content (AvgIpc) is 2.50. The van der Waals surface area contributed by atoms with Crippen molar-refractivity contribution < 1.29 is 4.74 Å². The minimum absolute atomic E-state index is 0.0976. The lowest BCUT2D eigenvalue weighted by Crippen LogP contribution is -2.30. The molecule has 0 fully saturated rings. The Hall–Kier alpha value is -1.42. The molecular formula is C16H18Cl2N2O. The van der Waals surface area contributed by atoms with Crippen molar-refractivity contribution in [3.63, 3.8) is 0 Å². The van der Waals surface area contributed by atoms with E-state index in [4.69, 9.17) is 33.7 Å². The molecule has 2 N–H and O–H groups in total. The Balaban J connectivity index is 2.35. The molecule has 0 saturated heterocycles. The molecule has 0 heterocycles. The number of anilines is 1. The molecule has 0 bridgehead atoms. The molecule has 0 aromatic heterocycles. The van der Waals surface area contributed by atoms with Gasteiger partial charge in [0, 0.05) is 34.9 Å². The molecule has 1 unspecified atom stereocenters. The number of methoxy groups -OCH3 is 1. The number of halogens is 2. The van der Waals surface area contributed by atoms with Gasteiger partial charge in [-0.3, -0.25) is 0 Å². The highest BCUT2D eigenvalue weighted by Crippen LogP contribution is 2.35. The van der Waals surface area contributed by atoms with Gasteiger partial charge in [0.25, 0.3) is 0 Å². The normalized spacial score (nSPS) is 12.0. The van der Waals surface area contributed by atoms with E-state index < -0.39 is 0 Å². The third kappa shape index (κ3) is 3.43. The maximum atomic E-state index is 6.30. The molecule has 0 aliphatic heterocycles. The van der Waals surface area contributed by atoms with E-state index in [1.54, 1.807) is 7.11 Å². The topological polar surface area (TPSA) is 38.5 Å². The third-order valence-electron chi connectivity index (χ3n) is 3.50. The molecule has 0 spiro atoms. The van der Waals surface area contributed by atoms with Crippen LogP contribution in [0.3, 0.4) is 0 Å². The molecular weight excluding hydrogens is 307 g/mol. The van der Waals surface area contributed by atoms with Crippen molar-refractivity contribution in [1.82, 2.24) is 0 Å². The number of hydrogen-bond donors (Lipinski definition) is 1. The van der Waals surface area contributed by atoms with Crippen molar-refractivity contribution in [2.45, 2.75) is 6.04 Å². The lowest BCUT2D eigenvalue weighted by molar-refractivity contribution is 0.415. The summed E-state index contributed by atoms with van der Waals surface area (Å²) in [6.07, 6.45) is 0. The maximum absolute atomic E-state index is 6.30. The van der Waals surface area contributed by atoms with Crippen LogP contribution in [0.25, 0.3) is 0 Å². The molecule has 1 atom stereocenters. The van der Waals surface area contributed by atoms with Crippen LogP contribution in [0, 0.1) is 0 Å². The zero-order valence-electron chi connectivity index (χ0n) is 12.0. The summed E-state index contributed by atoms with van der Waals surface area (Å²) >= 11 is 12.6. The summed E-state index contributed by atoms with van der Waals surface area (Å²) in [6, 6.07) is 13.2. The largest absolute Gasteiger partial charge is 0.497 e. The van der Waals surface area contributed by atoms with Gasteiger partial charge in [-0.2, -0.15) is 0 Å². The summed E-state index contributed by atoms with van der Waals surface area (Å²) < 4.78 is 5.17. The first-order valence-electron chi connectivity index (χ1n) is 6.59. The molecule has 0 aliphatic carbocycles. The zero-order chi connectivity index (χ0) is 15.4. The molecule has 2 aromatic rings. The number of benzene rings is 2. The maximum Gasteiger partial charge on any atom is 0.119 e. The smallest absolute Gasteiger partial charge is 0.119 e. The molecule has 21 heavy (non-hydrogen) atoms. The van der Waals surface area contributed by atoms with E-state index in [1.165, 1.54) is 0 Å². The number of nitrogens with two attached hydrogens (primary N) is 1. The van der Waals surface area contributed by atoms with Crippen molar-refractivity contribution in [3.05, 3.63) is 58.1 Å². The van der Waals surface area contributed by atoms with Gasteiger partial charge in [-0.1, -0.05) is 29.3 Å². The molecule has 2 aromatic carbocycles. The van der Waals surface area contributed by atoms with Crippen LogP contribution in [-0.4, -0.2) is 20.7 Å². The molecule has 3 nitrogen and oxygen atoms in total. The van der Waals surface area contributed by atoms with Crippen molar-refractivity contribution >= 4 is 28.9 Å². The zero-order valence-corrected chi connectivity index (χ0v) is 13.5. The Kier molecular flexibility index (Phi) is 5.34. The Labute approximate surface area is 135 Å². The van der Waals surface area contributed by atoms with Crippen molar-refractivity contribution in [2.75, 3.05) is 25.6 Å². The lowest BCUT2D eigenvalue weighted by Gasteiger charge is -2.30. The van der Waals surface area contributed by atoms with E-state index in [0.717, 1.165) is 17.0 Å². The Bertz CT molecular complexity index is 581. The summed E-state index contributed by atoms with van der Waals surface area (Å²) in [5.74, 6) is 0.812. The van der Waals surface area contributed by atoms with E-state index >= 15 is 0 Å². The Morgan fingerprint density at radius 3 is 2.14 bits per heavy atom. The molecule has 0 radical (unpaired) electrons. The van der Waals surface area contributed by atoms with Gasteiger partial charge in [0.2, 0.25) is 0 Å². The van der Waals surface area contributed by atoms with Crippen LogP contribution >= 0.6 is 23.2 Å². The van der Waals surface area contributed by atoms with Crippen LogP contribution in [0.4, 0.5) is 5.69 Å². The summed E-state index contributed by atoms with van der Waals surface area (Å²) in [6.45, 7) is 0.409. The second-order valence-corrected chi connectivity index (χ2v) is 5.51. The first-order valence-corrected chi connectivity index (χ1v) is 7.35. The van der Waals surface area contributed by atoms with Gasteiger partial charge >= 0.3 is 0 Å². The number of rotatable bonds is 5. The van der Waals surface area contributed by atoms with Crippen LogP contribution in [0.1, 0.15) is 11.6 Å². The number of nitrogens with zero attached hydrogens (tertiary/aromatic N) is 1. The predicted octanol–water partition coefficient (Wildman–Crippen LogP) is 4.14. The Morgan fingerprint density at radius 1 is 1.10 bits per heavy atom. The summed E-state index contributed by atoms with van der Waals surface area (Å²) in [4.78, 5) is 2.06. The summed E-state index contributed by atoms with van der Waals surface area (Å²) in [5, 5.41) is 1.25. The van der Waals surface area contributed by atoms with Gasteiger partial charge in [-0.05, 0) is 36.4 Å². The molecule has 5 heteroatoms. The van der Waals surface area contributed by atoms with Crippen LogP contribution in [0.15, 0.2) is 42.5 Å². The van der Waals surface area contributed by atoms with E-state index in [1.807, 2.05) is 49.5 Å². The molecule has 0 saturated carbocycles. The van der Waals surface area contributed by atoms with Gasteiger partial charge in [-0.15, -0.1) is 0 Å². The van der Waals surface area contributed by atoms with Gasteiger partial charge in [0.1, 0.15) is 5.75 Å². The van der Waals surface area contributed by atoms with Gasteiger partial charge < -0.3 is 15.4 Å². The quantitative estimate of drug-likeness (QED) is 0.898. The van der Waals surface area contributed by atoms with E-state index in [2.05, 4.69) is 4.90 Å². The first kappa shape index (κ1) is 16.0. The average molecular weight is 325 g/mol. The van der Waals surface area contributed by atoms with Crippen LogP contribution in [0.2, 0.25) is 10.0 Å². The molecule has 112 valence electrons. The minimum Gasteiger partial charge on any atom is -0.497 e. The second kappa shape index (κ2) is 7.03. The molecule has 2 rings (SSSR count). The highest BCUT2D eigenvalue weighted by atomic mass is 35.5. The van der Waals surface area contributed by atoms with Gasteiger partial charge in [0.05, 0.1) is 13.2 Å². The van der Waals surface area contributed by atoms with Crippen LogP contribution < -0.4 is 15.4 Å². The van der Waals surface area contributed by atoms with Crippen LogP contribution in [-0.2, 0) is 0 Å². The third-order valence-corrected chi connectivity index (χ3v) is 4.16. The first-order chi connectivity index (χ1) is 10.1. The van der Waals surface area contributed by atoms with Crippen molar-refractivity contribution in [1.29, 1.82) is 0 Å². The monoisotopic (exact) mass is 324 g/mol. The highest BCUT2D eigenvalue weighted by molar-refractivity contribution is 6.36. The Morgan fingerprint density at radius 2 is 1.67 bits per heavy atom. The standard InChI is InChI=1S/C16H18Cl2N2O/c1-20(11-6-8-12(21-2)9-7-11)15(10-19)16-13(17)4-3-5-14(16)18/h3-9,15H,10,19H2,1-2H3. The summed E-state index contributed by atoms with van der Waals surface area (Å²) in [7, 11) is 3.61. The second-order valence-electron chi connectivity index (χ2n) is 4.70. The summed E-state index contributed by atoms with van der Waals surface area (Å²) in [5.41, 5.74) is 7.82. The van der Waals surface area contributed by atoms with Crippen LogP contribution in [0.5, 0.6) is 5.75 Å². The number of likely N-dealkylation sites (N-methyl/N-ethyl adjacent to an activating group) is 1. The number of hydrogen-bond acceptors (Lipinski definition) is 3. The van der Waals surface area contributed by atoms with E-state index in [0.29, 0.717) is 16.6 Å². The van der Waals surface area contributed by atoms with Gasteiger partial charge in [0.15, 0.2) is 0 Å². The lowest BCUT2D eigenvalue weighted by atomic mass is 10.0. The van der Waals surface area contributed by atoms with Crippen molar-refractivity contribution in [2.24, 2.45) is 5.73 Å². The predicted molar refractivity (Wildman–Crippen MR) is 89.7 cm³/mol. The molecule has 0 amide bonds. The van der Waals surface area contributed by atoms with E-state index in [9.17, 15) is 0 Å². The number of ether oxygens (including phenoxy) is 1. The fourth-order valence-electron chi connectivity index (χ4n) is 2.30. The minimum atomic E-state index is -0.0976. The van der Waals surface area contributed by atoms with Crippen molar-refractivity contribution in [3.8, 4) is 5.75 Å². The highest BCUT2D eigenvalue weighted by Gasteiger charge is 2.21. The SMILES string of the molecule is COc1ccc(N(C)C(CN)c2c(Cl)cccc2Cl)cc1.